The predicted octanol–water partition coefficient (Wildman–Crippen LogP) is 5.36. The molecule has 0 aliphatic carbocycles. The van der Waals surface area contributed by atoms with Crippen molar-refractivity contribution < 1.29 is 19.1 Å². The van der Waals surface area contributed by atoms with Crippen LogP contribution in [0.15, 0.2) is 66.4 Å². The monoisotopic (exact) mass is 409 g/mol. The Labute approximate surface area is 174 Å². The first-order chi connectivity index (χ1) is 13.8. The molecule has 2 aromatic carbocycles. The van der Waals surface area contributed by atoms with Crippen LogP contribution in [0.3, 0.4) is 0 Å². The molecule has 1 aromatic heterocycles. The lowest BCUT2D eigenvalue weighted by molar-refractivity contribution is -0.136. The van der Waals surface area contributed by atoms with Crippen molar-refractivity contribution in [3.63, 3.8) is 0 Å². The maximum atomic E-state index is 12.7. The van der Waals surface area contributed by atoms with E-state index in [4.69, 9.17) is 9.47 Å². The highest BCUT2D eigenvalue weighted by molar-refractivity contribution is 7.20. The van der Waals surface area contributed by atoms with E-state index in [1.807, 2.05) is 60.7 Å². The molecule has 0 aliphatic heterocycles. The molecular weight excluding hydrogens is 386 g/mol. The number of carbonyl (C=O) groups excluding carboxylic acids is 2. The van der Waals surface area contributed by atoms with E-state index < -0.39 is 17.7 Å². The van der Waals surface area contributed by atoms with Crippen molar-refractivity contribution in [1.82, 2.24) is 5.32 Å². The van der Waals surface area contributed by atoms with E-state index in [1.165, 1.54) is 18.4 Å². The van der Waals surface area contributed by atoms with Gasteiger partial charge < -0.3 is 9.47 Å². The van der Waals surface area contributed by atoms with E-state index in [9.17, 15) is 9.59 Å². The number of hydrogen-bond acceptors (Lipinski definition) is 5. The minimum absolute atomic E-state index is 0.0412. The Morgan fingerprint density at radius 3 is 2.24 bits per heavy atom. The molecule has 29 heavy (non-hydrogen) atoms. The fourth-order valence-electron chi connectivity index (χ4n) is 2.84. The number of carbonyl (C=O) groups is 2. The fourth-order valence-corrected chi connectivity index (χ4v) is 3.98. The summed E-state index contributed by atoms with van der Waals surface area (Å²) in [6, 6.07) is 19.4. The molecule has 5 nitrogen and oxygen atoms in total. The SMILES string of the molecule is COC(=O)/C(NC(=O)OC(C)(C)C)=C(/c1ccccc1)c1cc2ccccc2s1. The van der Waals surface area contributed by atoms with Crippen LogP contribution in [0.25, 0.3) is 15.7 Å². The summed E-state index contributed by atoms with van der Waals surface area (Å²) in [7, 11) is 1.28. The van der Waals surface area contributed by atoms with Crippen molar-refractivity contribution in [3.8, 4) is 0 Å². The number of benzene rings is 2. The molecule has 1 amide bonds. The van der Waals surface area contributed by atoms with Gasteiger partial charge in [0.05, 0.1) is 7.11 Å². The van der Waals surface area contributed by atoms with Crippen LogP contribution in [0.4, 0.5) is 4.79 Å². The van der Waals surface area contributed by atoms with Crippen LogP contribution in [-0.2, 0) is 14.3 Å². The Morgan fingerprint density at radius 1 is 0.966 bits per heavy atom. The van der Waals surface area contributed by atoms with E-state index >= 15 is 0 Å². The van der Waals surface area contributed by atoms with Crippen LogP contribution < -0.4 is 5.32 Å². The van der Waals surface area contributed by atoms with Crippen LogP contribution in [-0.4, -0.2) is 24.8 Å². The molecular formula is C23H23NO4S. The lowest BCUT2D eigenvalue weighted by atomic mass is 10.0. The van der Waals surface area contributed by atoms with Crippen LogP contribution in [0.2, 0.25) is 0 Å². The zero-order chi connectivity index (χ0) is 21.0. The van der Waals surface area contributed by atoms with Gasteiger partial charge in [-0.2, -0.15) is 0 Å². The first kappa shape index (κ1) is 20.6. The van der Waals surface area contributed by atoms with Gasteiger partial charge in [0.1, 0.15) is 11.3 Å². The number of nitrogens with one attached hydrogen (secondary N) is 1. The summed E-state index contributed by atoms with van der Waals surface area (Å²) in [6.07, 6.45) is -0.715. The van der Waals surface area contributed by atoms with Crippen molar-refractivity contribution in [2.45, 2.75) is 26.4 Å². The van der Waals surface area contributed by atoms with Gasteiger partial charge in [0, 0.05) is 15.2 Å². The van der Waals surface area contributed by atoms with E-state index in [0.717, 1.165) is 20.5 Å². The number of fused-ring (bicyclic) bond motifs is 1. The lowest BCUT2D eigenvalue weighted by Crippen LogP contribution is -2.35. The summed E-state index contributed by atoms with van der Waals surface area (Å²) in [5.41, 5.74) is 0.718. The highest BCUT2D eigenvalue weighted by atomic mass is 32.1. The molecule has 0 radical (unpaired) electrons. The second kappa shape index (κ2) is 8.49. The smallest absolute Gasteiger partial charge is 0.412 e. The molecule has 150 valence electrons. The molecule has 0 fully saturated rings. The van der Waals surface area contributed by atoms with Gasteiger partial charge in [0.15, 0.2) is 0 Å². The average Bonchev–Trinajstić information content (AvgIpc) is 3.10. The molecule has 6 heteroatoms. The van der Waals surface area contributed by atoms with E-state index in [0.29, 0.717) is 5.57 Å². The largest absolute Gasteiger partial charge is 0.464 e. The number of alkyl carbamates (subject to hydrolysis) is 1. The standard InChI is InChI=1S/C23H23NO4S/c1-23(2,3)28-22(26)24-20(21(25)27-4)19(15-10-6-5-7-11-15)18-14-16-12-8-9-13-17(16)29-18/h5-14H,1-4H3,(H,24,26)/b20-19+. The van der Waals surface area contributed by atoms with Crippen LogP contribution in [0.5, 0.6) is 0 Å². The highest BCUT2D eigenvalue weighted by Gasteiger charge is 2.25. The van der Waals surface area contributed by atoms with Gasteiger partial charge in [-0.3, -0.25) is 5.32 Å². The number of rotatable bonds is 4. The van der Waals surface area contributed by atoms with Gasteiger partial charge in [-0.05, 0) is 43.9 Å². The zero-order valence-corrected chi connectivity index (χ0v) is 17.6. The maximum absolute atomic E-state index is 12.7. The Bertz CT molecular complexity index is 1030. The Hall–Kier alpha value is -3.12. The Kier molecular flexibility index (Phi) is 6.03. The summed E-state index contributed by atoms with van der Waals surface area (Å²) < 4.78 is 11.4. The second-order valence-corrected chi connectivity index (χ2v) is 8.47. The molecule has 1 N–H and O–H groups in total. The summed E-state index contributed by atoms with van der Waals surface area (Å²) in [6.45, 7) is 5.29. The number of methoxy groups -OCH3 is 1. The fraction of sp³-hybridized carbons (Fsp3) is 0.217. The number of ether oxygens (including phenoxy) is 2. The predicted molar refractivity (Wildman–Crippen MR) is 116 cm³/mol. The van der Waals surface area contributed by atoms with Crippen LogP contribution in [0.1, 0.15) is 31.2 Å². The lowest BCUT2D eigenvalue weighted by Gasteiger charge is -2.21. The molecule has 0 atom stereocenters. The minimum atomic E-state index is -0.715. The Balaban J connectivity index is 2.19. The highest BCUT2D eigenvalue weighted by Crippen LogP contribution is 2.35. The first-order valence-electron chi connectivity index (χ1n) is 9.15. The molecule has 0 bridgehead atoms. The van der Waals surface area contributed by atoms with E-state index in [2.05, 4.69) is 5.32 Å². The van der Waals surface area contributed by atoms with Gasteiger partial charge >= 0.3 is 12.1 Å². The van der Waals surface area contributed by atoms with Gasteiger partial charge in [-0.25, -0.2) is 9.59 Å². The number of esters is 1. The maximum Gasteiger partial charge on any atom is 0.412 e. The molecule has 0 spiro atoms. The number of hydrogen-bond donors (Lipinski definition) is 1. The van der Waals surface area contributed by atoms with Crippen molar-refractivity contribution >= 4 is 39.1 Å². The minimum Gasteiger partial charge on any atom is -0.464 e. The van der Waals surface area contributed by atoms with Gasteiger partial charge in [-0.15, -0.1) is 11.3 Å². The van der Waals surface area contributed by atoms with Crippen molar-refractivity contribution in [2.24, 2.45) is 0 Å². The van der Waals surface area contributed by atoms with E-state index in [-0.39, 0.29) is 5.70 Å². The number of amides is 1. The van der Waals surface area contributed by atoms with Crippen LogP contribution in [0, 0.1) is 0 Å². The number of thiophene rings is 1. The van der Waals surface area contributed by atoms with Crippen molar-refractivity contribution in [2.75, 3.05) is 7.11 Å². The molecule has 1 heterocycles. The van der Waals surface area contributed by atoms with E-state index in [1.54, 1.807) is 20.8 Å². The van der Waals surface area contributed by atoms with Crippen molar-refractivity contribution in [3.05, 3.63) is 76.8 Å². The third kappa shape index (κ3) is 5.03. The molecule has 3 rings (SSSR count). The van der Waals surface area contributed by atoms with Gasteiger partial charge in [0.2, 0.25) is 0 Å². The molecule has 3 aromatic rings. The summed E-state index contributed by atoms with van der Waals surface area (Å²) in [5.74, 6) is -0.646. The molecule has 0 saturated carbocycles. The summed E-state index contributed by atoms with van der Waals surface area (Å²) in [5, 5.41) is 3.67. The van der Waals surface area contributed by atoms with Crippen molar-refractivity contribution in [1.29, 1.82) is 0 Å². The molecule has 0 unspecified atom stereocenters. The first-order valence-corrected chi connectivity index (χ1v) is 9.97. The Morgan fingerprint density at radius 2 is 1.62 bits per heavy atom. The summed E-state index contributed by atoms with van der Waals surface area (Å²) >= 11 is 1.54. The third-order valence-electron chi connectivity index (χ3n) is 4.00. The van der Waals surface area contributed by atoms with Gasteiger partial charge in [0.25, 0.3) is 0 Å². The van der Waals surface area contributed by atoms with Crippen LogP contribution >= 0.6 is 11.3 Å². The average molecular weight is 410 g/mol. The quantitative estimate of drug-likeness (QED) is 0.465. The molecule has 0 saturated heterocycles. The topological polar surface area (TPSA) is 64.6 Å². The molecule has 0 aliphatic rings. The normalized spacial score (nSPS) is 12.3. The zero-order valence-electron chi connectivity index (χ0n) is 16.8. The second-order valence-electron chi connectivity index (χ2n) is 7.38. The third-order valence-corrected chi connectivity index (χ3v) is 5.13. The summed E-state index contributed by atoms with van der Waals surface area (Å²) in [4.78, 5) is 26.0. The van der Waals surface area contributed by atoms with Gasteiger partial charge in [-0.1, -0.05) is 48.5 Å².